The Bertz CT molecular complexity index is 1300. The lowest BCUT2D eigenvalue weighted by Crippen LogP contribution is -2.55. The van der Waals surface area contributed by atoms with E-state index in [1.54, 1.807) is 33.0 Å². The Morgan fingerprint density at radius 2 is 2.00 bits per heavy atom. The van der Waals surface area contributed by atoms with Crippen LogP contribution in [0, 0.1) is 5.82 Å². The molecule has 0 atom stereocenters. The van der Waals surface area contributed by atoms with E-state index >= 15 is 0 Å². The largest absolute Gasteiger partial charge is 0.467 e. The van der Waals surface area contributed by atoms with Crippen LogP contribution in [-0.4, -0.2) is 38.8 Å². The van der Waals surface area contributed by atoms with E-state index in [2.05, 4.69) is 20.3 Å². The van der Waals surface area contributed by atoms with Crippen molar-refractivity contribution in [3.63, 3.8) is 0 Å². The first kappa shape index (κ1) is 25.0. The zero-order chi connectivity index (χ0) is 25.5. The summed E-state index contributed by atoms with van der Waals surface area (Å²) in [5.41, 5.74) is -0.461. The van der Waals surface area contributed by atoms with E-state index in [1.807, 2.05) is 0 Å². The molecule has 0 spiro atoms. The van der Waals surface area contributed by atoms with Crippen molar-refractivity contribution in [3.8, 4) is 5.75 Å². The number of benzene rings is 1. The van der Waals surface area contributed by atoms with E-state index in [4.69, 9.17) is 25.4 Å². The van der Waals surface area contributed by atoms with Crippen LogP contribution < -0.4 is 25.0 Å². The summed E-state index contributed by atoms with van der Waals surface area (Å²) in [5.74, 6) is -0.657. The van der Waals surface area contributed by atoms with Gasteiger partial charge in [-0.05, 0) is 44.2 Å². The number of thiophene rings is 1. The number of aromatic nitrogens is 1. The van der Waals surface area contributed by atoms with Crippen molar-refractivity contribution in [2.75, 3.05) is 22.6 Å². The number of rotatable bonds is 5. The van der Waals surface area contributed by atoms with Gasteiger partial charge >= 0.3 is 6.03 Å². The molecule has 186 valence electrons. The molecular formula is C21H23ClFN5O5S2+2. The molecule has 0 radical (unpaired) electrons. The Morgan fingerprint density at radius 3 is 2.60 bits per heavy atom. The van der Waals surface area contributed by atoms with E-state index in [-0.39, 0.29) is 22.8 Å². The minimum Gasteiger partial charge on any atom is -0.467 e. The number of hydrogen-bond acceptors (Lipinski definition) is 6. The summed E-state index contributed by atoms with van der Waals surface area (Å²) >= 11 is 6.91. The van der Waals surface area contributed by atoms with Gasteiger partial charge in [0.2, 0.25) is 4.21 Å². The number of halogens is 2. The van der Waals surface area contributed by atoms with Crippen LogP contribution in [0.25, 0.3) is 0 Å². The molecule has 3 heterocycles. The number of fused-ring (bicyclic) bond motifs is 1. The molecule has 14 heteroatoms. The van der Waals surface area contributed by atoms with Gasteiger partial charge in [0, 0.05) is 13.1 Å². The maximum atomic E-state index is 14.3. The van der Waals surface area contributed by atoms with Gasteiger partial charge in [-0.3, -0.25) is 24.1 Å². The fourth-order valence-electron chi connectivity index (χ4n) is 3.49. The van der Waals surface area contributed by atoms with Gasteiger partial charge in [0.15, 0.2) is 5.72 Å². The average Bonchev–Trinajstić information content (AvgIpc) is 3.22. The van der Waals surface area contributed by atoms with Crippen molar-refractivity contribution >= 4 is 62.8 Å². The van der Waals surface area contributed by atoms with Gasteiger partial charge in [0.05, 0.1) is 27.5 Å². The van der Waals surface area contributed by atoms with Crippen LogP contribution in [0.4, 0.5) is 26.4 Å². The van der Waals surface area contributed by atoms with Gasteiger partial charge in [-0.25, -0.2) is 14.2 Å². The zero-order valence-corrected chi connectivity index (χ0v) is 21.1. The van der Waals surface area contributed by atoms with E-state index in [0.717, 1.165) is 17.4 Å². The number of ether oxygens (including phenoxy) is 1. The summed E-state index contributed by atoms with van der Waals surface area (Å²) < 4.78 is 39.6. The fraction of sp³-hybridized carbons (Fsp3) is 0.190. The number of amides is 3. The van der Waals surface area contributed by atoms with Crippen molar-refractivity contribution in [1.82, 2.24) is 9.71 Å². The highest BCUT2D eigenvalue weighted by Crippen LogP contribution is 2.48. The van der Waals surface area contributed by atoms with Crippen molar-refractivity contribution < 1.29 is 27.8 Å². The van der Waals surface area contributed by atoms with E-state index in [0.29, 0.717) is 14.2 Å². The molecule has 1 aliphatic heterocycles. The highest BCUT2D eigenvalue weighted by molar-refractivity contribution is 8.24. The number of hydrogen-bond donors (Lipinski definition) is 3. The molecule has 1 aliphatic rings. The summed E-state index contributed by atoms with van der Waals surface area (Å²) in [6.07, 6.45) is 1.36. The van der Waals surface area contributed by atoms with Crippen LogP contribution in [-0.2, 0) is 0 Å². The number of carbonyl (C=O) groups excluding carboxylic acids is 2. The summed E-state index contributed by atoms with van der Waals surface area (Å²) in [4.78, 5) is 31.1. The molecule has 2 aromatic heterocycles. The van der Waals surface area contributed by atoms with Crippen LogP contribution in [0.15, 0.2) is 46.8 Å². The standard InChI is InChI=1S/C21H21ClFN5O5S2/c1-21(2)28(19(29)12-8-13(23)14(24-3)9-15(12)33-21)11-4-6-17(25-10-11)26-20(30)27-35(31,32)18-7-5-16(22)34-18/h4-10,24,31-32H,1-3H3,(H2,25,26,27,30)/p+2. The molecule has 0 saturated heterocycles. The van der Waals surface area contributed by atoms with Gasteiger partial charge in [0.25, 0.3) is 5.91 Å². The number of nitrogens with one attached hydrogen (secondary N) is 3. The Balaban J connectivity index is 1.51. The lowest BCUT2D eigenvalue weighted by Gasteiger charge is -2.42. The van der Waals surface area contributed by atoms with Crippen molar-refractivity contribution in [3.05, 3.63) is 58.3 Å². The van der Waals surface area contributed by atoms with Crippen molar-refractivity contribution in [2.24, 2.45) is 0 Å². The summed E-state index contributed by atoms with van der Waals surface area (Å²) in [7, 11) is -1.53. The topological polar surface area (TPSA) is 141 Å². The summed E-state index contributed by atoms with van der Waals surface area (Å²) in [6, 6.07) is 7.88. The normalized spacial score (nSPS) is 15.2. The lowest BCUT2D eigenvalue weighted by atomic mass is 10.0. The number of carbonyl (C=O) groups is 2. The first-order valence-corrected chi connectivity index (χ1v) is 12.9. The molecule has 1 aromatic carbocycles. The number of nitrogens with zero attached hydrogens (tertiary/aromatic N) is 2. The molecular weight excluding hydrogens is 521 g/mol. The Kier molecular flexibility index (Phi) is 6.55. The zero-order valence-electron chi connectivity index (χ0n) is 18.7. The molecule has 0 aliphatic carbocycles. The highest BCUT2D eigenvalue weighted by Gasteiger charge is 2.41. The van der Waals surface area contributed by atoms with Gasteiger partial charge in [-0.1, -0.05) is 22.9 Å². The Hall–Kier alpha value is -3.10. The minimum absolute atomic E-state index is 0.0706. The third-order valence-electron chi connectivity index (χ3n) is 5.01. The second-order valence-electron chi connectivity index (χ2n) is 7.90. The van der Waals surface area contributed by atoms with E-state index in [1.165, 1.54) is 29.3 Å². The van der Waals surface area contributed by atoms with Gasteiger partial charge in [-0.2, -0.15) is 4.72 Å². The minimum atomic E-state index is -3.10. The molecule has 3 amide bonds. The summed E-state index contributed by atoms with van der Waals surface area (Å²) in [6.45, 7) is 3.38. The molecule has 10 nitrogen and oxygen atoms in total. The molecule has 0 saturated carbocycles. The van der Waals surface area contributed by atoms with Crippen molar-refractivity contribution in [2.45, 2.75) is 23.8 Å². The van der Waals surface area contributed by atoms with E-state index < -0.39 is 34.3 Å². The van der Waals surface area contributed by atoms with Crippen LogP contribution >= 0.6 is 33.7 Å². The maximum absolute atomic E-state index is 14.3. The smallest absolute Gasteiger partial charge is 0.345 e. The highest BCUT2D eigenvalue weighted by atomic mass is 35.5. The van der Waals surface area contributed by atoms with Crippen molar-refractivity contribution in [1.29, 1.82) is 0 Å². The van der Waals surface area contributed by atoms with Crippen LogP contribution in [0.2, 0.25) is 4.34 Å². The molecule has 35 heavy (non-hydrogen) atoms. The number of pyridine rings is 1. The third kappa shape index (κ3) is 4.99. The number of anilines is 3. The van der Waals surface area contributed by atoms with Crippen LogP contribution in [0.5, 0.6) is 5.75 Å². The van der Waals surface area contributed by atoms with E-state index in [9.17, 15) is 14.0 Å². The van der Waals surface area contributed by atoms with Crippen LogP contribution in [0.1, 0.15) is 24.2 Å². The lowest BCUT2D eigenvalue weighted by molar-refractivity contribution is 0.0634. The molecule has 4 rings (SSSR count). The average molecular weight is 544 g/mol. The monoisotopic (exact) mass is 543 g/mol. The first-order chi connectivity index (χ1) is 16.4. The SMILES string of the molecule is CNc1cc2c(cc1F)C(=O)N(c1ccc(NC(=O)NS([OH2+])([OH2+])c3ccc(Cl)s3)nc1)C(C)(C)O2. The molecule has 0 unspecified atom stereocenters. The molecule has 3 aromatic rings. The second-order valence-corrected chi connectivity index (χ2v) is 11.7. The molecule has 0 fully saturated rings. The second kappa shape index (κ2) is 9.17. The predicted octanol–water partition coefficient (Wildman–Crippen LogP) is 3.93. The summed E-state index contributed by atoms with van der Waals surface area (Å²) in [5, 5.41) is 5.19. The van der Waals surface area contributed by atoms with Gasteiger partial charge in [0.1, 0.15) is 28.2 Å². The quantitative estimate of drug-likeness (QED) is 0.418. The maximum Gasteiger partial charge on any atom is 0.345 e. The predicted molar refractivity (Wildman–Crippen MR) is 136 cm³/mol. The number of urea groups is 1. The Morgan fingerprint density at radius 1 is 1.26 bits per heavy atom. The Labute approximate surface area is 210 Å². The molecule has 7 N–H and O–H groups in total. The van der Waals surface area contributed by atoms with Crippen LogP contribution in [0.3, 0.4) is 0 Å². The fourth-order valence-corrected chi connectivity index (χ4v) is 6.00. The van der Waals surface area contributed by atoms with Gasteiger partial charge in [-0.15, -0.1) is 0 Å². The third-order valence-corrected chi connectivity index (χ3v) is 8.27. The molecule has 0 bridgehead atoms. The first-order valence-electron chi connectivity index (χ1n) is 10.1. The van der Waals surface area contributed by atoms with Gasteiger partial charge < -0.3 is 10.1 Å².